The molecule has 1 atom stereocenters. The first-order valence-corrected chi connectivity index (χ1v) is 11.4. The van der Waals surface area contributed by atoms with Gasteiger partial charge >= 0.3 is 0 Å². The predicted octanol–water partition coefficient (Wildman–Crippen LogP) is 3.57. The van der Waals surface area contributed by atoms with Gasteiger partial charge in [0.2, 0.25) is 0 Å². The number of nitrogens with zero attached hydrogens (tertiary/aromatic N) is 3. The van der Waals surface area contributed by atoms with Crippen LogP contribution in [-0.2, 0) is 4.74 Å². The van der Waals surface area contributed by atoms with Gasteiger partial charge in [-0.25, -0.2) is 14.4 Å². The van der Waals surface area contributed by atoms with E-state index in [1.54, 1.807) is 12.1 Å². The number of ether oxygens (including phenoxy) is 1. The van der Waals surface area contributed by atoms with Crippen LogP contribution < -0.4 is 5.32 Å². The molecule has 1 aliphatic heterocycles. The molecule has 2 heterocycles. The lowest BCUT2D eigenvalue weighted by atomic mass is 10.0. The number of nitrogens with one attached hydrogen (secondary N) is 1. The number of hydrogen-bond donors (Lipinski definition) is 1. The Morgan fingerprint density at radius 3 is 2.50 bits per heavy atom. The minimum absolute atomic E-state index is 0.0626. The third kappa shape index (κ3) is 5.36. The molecule has 1 aliphatic rings. The Kier molecular flexibility index (Phi) is 7.80. The molecule has 162 valence electrons. The zero-order chi connectivity index (χ0) is 21.7. The maximum atomic E-state index is 13.4. The number of carbonyl (C=O) groups is 1. The van der Waals surface area contributed by atoms with E-state index < -0.39 is 0 Å². The van der Waals surface area contributed by atoms with Crippen LogP contribution in [0.2, 0.25) is 0 Å². The molecule has 1 aromatic heterocycles. The van der Waals surface area contributed by atoms with Gasteiger partial charge in [-0.1, -0.05) is 26.0 Å². The second kappa shape index (κ2) is 10.3. The van der Waals surface area contributed by atoms with E-state index in [2.05, 4.69) is 20.2 Å². The number of morpholine rings is 1. The highest BCUT2D eigenvalue weighted by atomic mass is 32.2. The summed E-state index contributed by atoms with van der Waals surface area (Å²) in [5, 5.41) is 3.75. The fourth-order valence-corrected chi connectivity index (χ4v) is 4.17. The van der Waals surface area contributed by atoms with E-state index in [1.807, 2.05) is 27.0 Å². The first kappa shape index (κ1) is 22.7. The Morgan fingerprint density at radius 2 is 1.90 bits per heavy atom. The largest absolute Gasteiger partial charge is 0.379 e. The summed E-state index contributed by atoms with van der Waals surface area (Å²) in [6.07, 6.45) is 1.91. The Hall–Kier alpha value is -2.03. The van der Waals surface area contributed by atoms with Gasteiger partial charge in [0.05, 0.1) is 30.5 Å². The van der Waals surface area contributed by atoms with Gasteiger partial charge in [0.25, 0.3) is 5.91 Å². The van der Waals surface area contributed by atoms with Crippen LogP contribution in [-0.4, -0.2) is 59.9 Å². The normalized spacial score (nSPS) is 15.9. The quantitative estimate of drug-likeness (QED) is 0.533. The van der Waals surface area contributed by atoms with Gasteiger partial charge in [-0.05, 0) is 30.9 Å². The van der Waals surface area contributed by atoms with Crippen molar-refractivity contribution in [2.75, 3.05) is 39.1 Å². The second-order valence-corrected chi connectivity index (χ2v) is 8.43. The van der Waals surface area contributed by atoms with Crippen LogP contribution in [0.3, 0.4) is 0 Å². The zero-order valence-corrected chi connectivity index (χ0v) is 18.8. The van der Waals surface area contributed by atoms with Gasteiger partial charge in [0, 0.05) is 25.6 Å². The van der Waals surface area contributed by atoms with Crippen LogP contribution in [0.15, 0.2) is 29.3 Å². The lowest BCUT2D eigenvalue weighted by molar-refractivity contribution is 0.0162. The molecule has 6 nitrogen and oxygen atoms in total. The van der Waals surface area contributed by atoms with E-state index in [1.165, 1.54) is 23.9 Å². The topological polar surface area (TPSA) is 67.4 Å². The maximum Gasteiger partial charge on any atom is 0.255 e. The Bertz CT molecular complexity index is 870. The van der Waals surface area contributed by atoms with Crippen LogP contribution in [0.1, 0.15) is 53.2 Å². The Balaban J connectivity index is 1.81. The molecule has 8 heteroatoms. The molecule has 0 radical (unpaired) electrons. The molecule has 0 spiro atoms. The van der Waals surface area contributed by atoms with Gasteiger partial charge in [0.1, 0.15) is 16.7 Å². The fourth-order valence-electron chi connectivity index (χ4n) is 3.54. The molecule has 0 aliphatic carbocycles. The van der Waals surface area contributed by atoms with Crippen LogP contribution >= 0.6 is 11.8 Å². The molecule has 1 N–H and O–H groups in total. The van der Waals surface area contributed by atoms with Gasteiger partial charge in [-0.15, -0.1) is 11.8 Å². The molecule has 2 aromatic rings. The SMILES string of the molecule is CSc1nc(C(C)C)nc(C)c1C(=O)NCC(c1ccc(F)cc1)N1CCOCC1. The van der Waals surface area contributed by atoms with Crippen molar-refractivity contribution in [1.82, 2.24) is 20.2 Å². The summed E-state index contributed by atoms with van der Waals surface area (Å²) in [4.78, 5) is 24.5. The summed E-state index contributed by atoms with van der Waals surface area (Å²) in [5.74, 6) is 0.473. The average molecular weight is 433 g/mol. The molecule has 1 unspecified atom stereocenters. The molecule has 30 heavy (non-hydrogen) atoms. The van der Waals surface area contributed by atoms with Crippen LogP contribution in [0.25, 0.3) is 0 Å². The van der Waals surface area contributed by atoms with E-state index in [0.717, 1.165) is 24.5 Å². The molecule has 1 saturated heterocycles. The Morgan fingerprint density at radius 1 is 1.23 bits per heavy atom. The molecular formula is C22H29FN4O2S. The van der Waals surface area contributed by atoms with Crippen molar-refractivity contribution in [3.05, 3.63) is 52.7 Å². The third-order valence-corrected chi connectivity index (χ3v) is 5.89. The molecular weight excluding hydrogens is 403 g/mol. The second-order valence-electron chi connectivity index (χ2n) is 7.63. The number of benzene rings is 1. The lowest BCUT2D eigenvalue weighted by Gasteiger charge is -2.35. The lowest BCUT2D eigenvalue weighted by Crippen LogP contribution is -2.44. The van der Waals surface area contributed by atoms with Gasteiger partial charge in [-0.3, -0.25) is 9.69 Å². The number of rotatable bonds is 7. The van der Waals surface area contributed by atoms with Gasteiger partial charge < -0.3 is 10.1 Å². The first-order valence-electron chi connectivity index (χ1n) is 10.2. The molecule has 0 saturated carbocycles. The molecule has 1 fully saturated rings. The summed E-state index contributed by atoms with van der Waals surface area (Å²) < 4.78 is 18.9. The van der Waals surface area contributed by atoms with Crippen molar-refractivity contribution in [2.24, 2.45) is 0 Å². The summed E-state index contributed by atoms with van der Waals surface area (Å²) in [5.41, 5.74) is 2.17. The monoisotopic (exact) mass is 432 g/mol. The van der Waals surface area contributed by atoms with Crippen molar-refractivity contribution in [3.8, 4) is 0 Å². The molecule has 1 aromatic carbocycles. The summed E-state index contributed by atoms with van der Waals surface area (Å²) >= 11 is 1.45. The third-order valence-electron chi connectivity index (χ3n) is 5.21. The highest BCUT2D eigenvalue weighted by Crippen LogP contribution is 2.25. The van der Waals surface area contributed by atoms with E-state index in [9.17, 15) is 9.18 Å². The minimum atomic E-state index is -0.272. The fraction of sp³-hybridized carbons (Fsp3) is 0.500. The van der Waals surface area contributed by atoms with E-state index in [0.29, 0.717) is 36.0 Å². The standard InChI is InChI=1S/C22H29FN4O2S/c1-14(2)20-25-15(3)19(22(26-20)30-4)21(28)24-13-18(27-9-11-29-12-10-27)16-5-7-17(23)8-6-16/h5-8,14,18H,9-13H2,1-4H3,(H,24,28). The summed E-state index contributed by atoms with van der Waals surface area (Å²) in [6.45, 7) is 9.14. The number of halogens is 1. The number of carbonyl (C=O) groups excluding carboxylic acids is 1. The first-order chi connectivity index (χ1) is 14.4. The highest BCUT2D eigenvalue weighted by molar-refractivity contribution is 7.98. The highest BCUT2D eigenvalue weighted by Gasteiger charge is 2.25. The van der Waals surface area contributed by atoms with Crippen molar-refractivity contribution < 1.29 is 13.9 Å². The minimum Gasteiger partial charge on any atom is -0.379 e. The van der Waals surface area contributed by atoms with E-state index in [-0.39, 0.29) is 23.7 Å². The molecule has 1 amide bonds. The number of aromatic nitrogens is 2. The maximum absolute atomic E-state index is 13.4. The molecule has 3 rings (SSSR count). The molecule has 0 bridgehead atoms. The summed E-state index contributed by atoms with van der Waals surface area (Å²) in [6, 6.07) is 6.41. The van der Waals surface area contributed by atoms with Crippen molar-refractivity contribution in [3.63, 3.8) is 0 Å². The van der Waals surface area contributed by atoms with E-state index >= 15 is 0 Å². The van der Waals surface area contributed by atoms with Crippen molar-refractivity contribution in [1.29, 1.82) is 0 Å². The zero-order valence-electron chi connectivity index (χ0n) is 17.9. The van der Waals surface area contributed by atoms with Crippen LogP contribution in [0.5, 0.6) is 0 Å². The summed E-state index contributed by atoms with van der Waals surface area (Å²) in [7, 11) is 0. The average Bonchev–Trinajstić information content (AvgIpc) is 2.75. The van der Waals surface area contributed by atoms with Crippen LogP contribution in [0, 0.1) is 12.7 Å². The number of aryl methyl sites for hydroxylation is 1. The van der Waals surface area contributed by atoms with E-state index in [4.69, 9.17) is 4.74 Å². The number of thioether (sulfide) groups is 1. The Labute approximate surface area is 181 Å². The van der Waals surface area contributed by atoms with Crippen LogP contribution in [0.4, 0.5) is 4.39 Å². The van der Waals surface area contributed by atoms with Gasteiger partial charge in [-0.2, -0.15) is 0 Å². The number of amides is 1. The van der Waals surface area contributed by atoms with Crippen molar-refractivity contribution in [2.45, 2.75) is 37.8 Å². The smallest absolute Gasteiger partial charge is 0.255 e. The predicted molar refractivity (Wildman–Crippen MR) is 117 cm³/mol. The van der Waals surface area contributed by atoms with Gasteiger partial charge in [0.15, 0.2) is 0 Å². The van der Waals surface area contributed by atoms with Crippen molar-refractivity contribution >= 4 is 17.7 Å². The number of hydrogen-bond acceptors (Lipinski definition) is 6.